The summed E-state index contributed by atoms with van der Waals surface area (Å²) >= 11 is 0. The summed E-state index contributed by atoms with van der Waals surface area (Å²) < 4.78 is 17.1. The maximum Gasteiger partial charge on any atom is 0.341 e. The molecule has 0 spiro atoms. The number of nitrogens with zero attached hydrogens (tertiary/aromatic N) is 3. The Morgan fingerprint density at radius 1 is 0.976 bits per heavy atom. The molecule has 2 aliphatic rings. The molecule has 8 nitrogen and oxygen atoms in total. The normalized spacial score (nSPS) is 15.7. The van der Waals surface area contributed by atoms with Crippen LogP contribution in [-0.2, 0) is 6.54 Å². The van der Waals surface area contributed by atoms with Gasteiger partial charge in [0.2, 0.25) is 5.43 Å². The lowest BCUT2D eigenvalue weighted by Crippen LogP contribution is -2.46. The molecule has 1 aromatic heterocycles. The highest BCUT2D eigenvalue weighted by atomic mass is 19.1. The van der Waals surface area contributed by atoms with Gasteiger partial charge in [0.15, 0.2) is 0 Å². The molecule has 1 saturated heterocycles. The molecule has 1 saturated carbocycles. The van der Waals surface area contributed by atoms with Gasteiger partial charge in [0.1, 0.15) is 11.4 Å². The Balaban J connectivity index is 1.12. The summed E-state index contributed by atoms with van der Waals surface area (Å²) in [6, 6.07) is 18.3. The first-order chi connectivity index (χ1) is 19.8. The van der Waals surface area contributed by atoms with Gasteiger partial charge in [-0.3, -0.25) is 14.5 Å². The summed E-state index contributed by atoms with van der Waals surface area (Å²) in [6.45, 7) is 5.38. The third-order valence-electron chi connectivity index (χ3n) is 7.92. The Hall–Kier alpha value is -4.50. The molecule has 1 amide bonds. The third kappa shape index (κ3) is 5.58. The number of rotatable bonds is 7. The van der Waals surface area contributed by atoms with Crippen LogP contribution in [0.25, 0.3) is 10.9 Å². The van der Waals surface area contributed by atoms with E-state index in [0.717, 1.165) is 42.7 Å². The maximum absolute atomic E-state index is 15.3. The van der Waals surface area contributed by atoms with Gasteiger partial charge in [-0.2, -0.15) is 0 Å². The fraction of sp³-hybridized carbons (Fsp3) is 0.281. The van der Waals surface area contributed by atoms with E-state index in [1.807, 2.05) is 64.9 Å². The van der Waals surface area contributed by atoms with E-state index in [4.69, 9.17) is 0 Å². The van der Waals surface area contributed by atoms with Crippen LogP contribution in [0.1, 0.15) is 50.7 Å². The smallest absolute Gasteiger partial charge is 0.341 e. The molecular weight excluding hydrogens is 523 g/mol. The Labute approximate surface area is 236 Å². The SMILES string of the molecule is Cc1ccc(NC(=O)c2ccc(CN3CCN(c4cc5c(cc4F)c(=O)c(C(=O)O)cn5C4CC4)CC3)cc2)cc1. The van der Waals surface area contributed by atoms with Crippen LogP contribution in [0.3, 0.4) is 0 Å². The summed E-state index contributed by atoms with van der Waals surface area (Å²) in [5.41, 5.74) is 3.59. The minimum absolute atomic E-state index is 0.104. The number of aromatic nitrogens is 1. The molecule has 6 rings (SSSR count). The van der Waals surface area contributed by atoms with Crippen molar-refractivity contribution >= 4 is 34.2 Å². The van der Waals surface area contributed by atoms with E-state index in [1.165, 1.54) is 12.3 Å². The van der Waals surface area contributed by atoms with Crippen molar-refractivity contribution in [3.8, 4) is 0 Å². The summed E-state index contributed by atoms with van der Waals surface area (Å²) in [5.74, 6) is -1.97. The summed E-state index contributed by atoms with van der Waals surface area (Å²) in [6.07, 6.45) is 3.21. The average molecular weight is 555 g/mol. The van der Waals surface area contributed by atoms with Gasteiger partial charge in [-0.1, -0.05) is 29.8 Å². The summed E-state index contributed by atoms with van der Waals surface area (Å²) in [7, 11) is 0. The van der Waals surface area contributed by atoms with Gasteiger partial charge in [0.25, 0.3) is 5.91 Å². The largest absolute Gasteiger partial charge is 0.477 e. The van der Waals surface area contributed by atoms with Crippen LogP contribution in [0.2, 0.25) is 0 Å². The highest BCUT2D eigenvalue weighted by Crippen LogP contribution is 2.38. The zero-order valence-electron chi connectivity index (χ0n) is 22.8. The van der Waals surface area contributed by atoms with Crippen molar-refractivity contribution in [2.24, 2.45) is 0 Å². The van der Waals surface area contributed by atoms with E-state index in [1.54, 1.807) is 6.07 Å². The number of piperazine rings is 1. The topological polar surface area (TPSA) is 94.9 Å². The number of anilines is 2. The first-order valence-electron chi connectivity index (χ1n) is 13.8. The van der Waals surface area contributed by atoms with Crippen LogP contribution in [0.5, 0.6) is 0 Å². The molecule has 1 aliphatic carbocycles. The number of hydrogen-bond donors (Lipinski definition) is 2. The number of nitrogens with one attached hydrogen (secondary N) is 1. The maximum atomic E-state index is 15.3. The zero-order chi connectivity index (χ0) is 28.7. The van der Waals surface area contributed by atoms with Crippen LogP contribution in [-0.4, -0.2) is 52.6 Å². The number of halogens is 1. The van der Waals surface area contributed by atoms with Crippen molar-refractivity contribution in [2.75, 3.05) is 36.4 Å². The molecule has 210 valence electrons. The number of amides is 1. The molecule has 0 atom stereocenters. The van der Waals surface area contributed by atoms with E-state index in [0.29, 0.717) is 36.4 Å². The Kier molecular flexibility index (Phi) is 7.05. The Morgan fingerprint density at radius 2 is 1.66 bits per heavy atom. The summed E-state index contributed by atoms with van der Waals surface area (Å²) in [4.78, 5) is 41.3. The van der Waals surface area contributed by atoms with Crippen LogP contribution in [0.4, 0.5) is 15.8 Å². The minimum atomic E-state index is -1.30. The lowest BCUT2D eigenvalue weighted by atomic mass is 10.1. The molecular formula is C32H31FN4O4. The number of carboxylic acids is 1. The van der Waals surface area contributed by atoms with Gasteiger partial charge in [-0.05, 0) is 61.7 Å². The lowest BCUT2D eigenvalue weighted by Gasteiger charge is -2.36. The number of aromatic carboxylic acids is 1. The number of carboxylic acid groups (broad SMARTS) is 1. The van der Waals surface area contributed by atoms with E-state index in [2.05, 4.69) is 10.2 Å². The van der Waals surface area contributed by atoms with E-state index in [9.17, 15) is 19.5 Å². The van der Waals surface area contributed by atoms with Crippen LogP contribution in [0.15, 0.2) is 71.7 Å². The van der Waals surface area contributed by atoms with Gasteiger partial charge in [0.05, 0.1) is 11.2 Å². The number of fused-ring (bicyclic) bond motifs is 1. The van der Waals surface area contributed by atoms with Gasteiger partial charge >= 0.3 is 5.97 Å². The minimum Gasteiger partial charge on any atom is -0.477 e. The van der Waals surface area contributed by atoms with Crippen LogP contribution < -0.4 is 15.6 Å². The Morgan fingerprint density at radius 3 is 2.29 bits per heavy atom. The average Bonchev–Trinajstić information content (AvgIpc) is 3.81. The van der Waals surface area contributed by atoms with Crippen molar-refractivity contribution < 1.29 is 19.1 Å². The zero-order valence-corrected chi connectivity index (χ0v) is 22.8. The Bertz CT molecular complexity index is 1690. The van der Waals surface area contributed by atoms with Gasteiger partial charge in [0, 0.05) is 61.6 Å². The molecule has 0 radical (unpaired) electrons. The van der Waals surface area contributed by atoms with Crippen LogP contribution in [0, 0.1) is 12.7 Å². The first-order valence-corrected chi connectivity index (χ1v) is 13.8. The number of hydrogen-bond acceptors (Lipinski definition) is 5. The monoisotopic (exact) mass is 554 g/mol. The molecule has 9 heteroatoms. The fourth-order valence-electron chi connectivity index (χ4n) is 5.41. The van der Waals surface area contributed by atoms with Crippen molar-refractivity contribution in [1.82, 2.24) is 9.47 Å². The van der Waals surface area contributed by atoms with Gasteiger partial charge in [-0.25, -0.2) is 9.18 Å². The quantitative estimate of drug-likeness (QED) is 0.332. The highest BCUT2D eigenvalue weighted by molar-refractivity contribution is 6.04. The molecule has 0 bridgehead atoms. The molecule has 2 fully saturated rings. The van der Waals surface area contributed by atoms with Crippen molar-refractivity contribution in [2.45, 2.75) is 32.4 Å². The molecule has 4 aromatic rings. The van der Waals surface area contributed by atoms with Crippen molar-refractivity contribution in [3.05, 3.63) is 105 Å². The highest BCUT2D eigenvalue weighted by Gasteiger charge is 2.28. The second kappa shape index (κ2) is 10.8. The number of carbonyl (C=O) groups is 2. The van der Waals surface area contributed by atoms with Crippen molar-refractivity contribution in [3.63, 3.8) is 0 Å². The van der Waals surface area contributed by atoms with Gasteiger partial charge in [-0.15, -0.1) is 0 Å². The number of carbonyl (C=O) groups excluding carboxylic acids is 1. The standard InChI is InChI=1S/C32H31FN4O4/c1-20-2-8-23(9-3-20)34-31(39)22-6-4-21(5-7-22)18-35-12-14-36(15-13-35)29-17-28-25(16-27(29)33)30(38)26(32(40)41)19-37(28)24-10-11-24/h2-9,16-17,19,24H,10-15,18H2,1H3,(H,34,39)(H,40,41). The molecule has 2 N–H and O–H groups in total. The molecule has 3 aromatic carbocycles. The number of aryl methyl sites for hydroxylation is 1. The van der Waals surface area contributed by atoms with Crippen molar-refractivity contribution in [1.29, 1.82) is 0 Å². The first kappa shape index (κ1) is 26.7. The predicted molar refractivity (Wildman–Crippen MR) is 156 cm³/mol. The molecule has 1 aliphatic heterocycles. The second-order valence-electron chi connectivity index (χ2n) is 10.9. The van der Waals surface area contributed by atoms with E-state index < -0.39 is 17.2 Å². The fourth-order valence-corrected chi connectivity index (χ4v) is 5.41. The molecule has 0 unspecified atom stereocenters. The van der Waals surface area contributed by atoms with E-state index >= 15 is 4.39 Å². The van der Waals surface area contributed by atoms with Gasteiger partial charge < -0.3 is 19.9 Å². The van der Waals surface area contributed by atoms with Crippen LogP contribution >= 0.6 is 0 Å². The number of benzene rings is 3. The molecule has 41 heavy (non-hydrogen) atoms. The molecule has 2 heterocycles. The van der Waals surface area contributed by atoms with E-state index in [-0.39, 0.29) is 22.9 Å². The number of pyridine rings is 1. The predicted octanol–water partition coefficient (Wildman–Crippen LogP) is 5.06. The lowest BCUT2D eigenvalue weighted by molar-refractivity contribution is 0.0694. The summed E-state index contributed by atoms with van der Waals surface area (Å²) in [5, 5.41) is 12.5. The third-order valence-corrected chi connectivity index (χ3v) is 7.92. The second-order valence-corrected chi connectivity index (χ2v) is 10.9.